The van der Waals surface area contributed by atoms with Crippen LogP contribution in [-0.2, 0) is 18.9 Å². The molecule has 7 nitrogen and oxygen atoms in total. The molecular formula is C21H28N2O5. The first-order valence-electron chi connectivity index (χ1n) is 9.55. The van der Waals surface area contributed by atoms with Crippen molar-refractivity contribution in [2.24, 2.45) is 5.41 Å². The lowest BCUT2D eigenvalue weighted by molar-refractivity contribution is -0.496. The molecule has 7 heteroatoms. The minimum atomic E-state index is -1.68. The summed E-state index contributed by atoms with van der Waals surface area (Å²) in [7, 11) is 1.58. The normalized spacial score (nSPS) is 21.2. The van der Waals surface area contributed by atoms with Crippen LogP contribution in [0.3, 0.4) is 0 Å². The Hall–Kier alpha value is -2.16. The molecule has 1 aliphatic carbocycles. The van der Waals surface area contributed by atoms with Gasteiger partial charge in [0.2, 0.25) is 11.2 Å². The molecule has 1 fully saturated rings. The first-order chi connectivity index (χ1) is 13.5. The zero-order valence-electron chi connectivity index (χ0n) is 17.2. The molecular weight excluding hydrogens is 360 g/mol. The summed E-state index contributed by atoms with van der Waals surface area (Å²) in [5, 5.41) is 20.3. The molecule has 152 valence electrons. The molecule has 1 atom stereocenters. The second-order valence-corrected chi connectivity index (χ2v) is 6.25. The molecule has 0 radical (unpaired) electrons. The number of nitriles is 2. The number of nitrogens with zero attached hydrogens (tertiary/aromatic N) is 2. The van der Waals surface area contributed by atoms with Gasteiger partial charge in [-0.25, -0.2) is 0 Å². The van der Waals surface area contributed by atoms with Crippen molar-refractivity contribution < 1.29 is 23.7 Å². The Balaban J connectivity index is 2.77. The van der Waals surface area contributed by atoms with E-state index in [4.69, 9.17) is 23.7 Å². The van der Waals surface area contributed by atoms with Gasteiger partial charge in [0, 0.05) is 26.4 Å². The molecule has 1 aliphatic rings. The fourth-order valence-corrected chi connectivity index (χ4v) is 4.13. The molecule has 0 bridgehead atoms. The molecule has 28 heavy (non-hydrogen) atoms. The lowest BCUT2D eigenvalue weighted by Crippen LogP contribution is -2.83. The topological polar surface area (TPSA) is 93.7 Å². The van der Waals surface area contributed by atoms with E-state index >= 15 is 0 Å². The first-order valence-corrected chi connectivity index (χ1v) is 9.55. The third kappa shape index (κ3) is 2.87. The van der Waals surface area contributed by atoms with E-state index in [9.17, 15) is 10.5 Å². The molecule has 2 rings (SSSR count). The summed E-state index contributed by atoms with van der Waals surface area (Å²) in [6.45, 7) is 8.25. The van der Waals surface area contributed by atoms with Crippen LogP contribution in [0.5, 0.6) is 5.75 Å². The second kappa shape index (κ2) is 8.89. The van der Waals surface area contributed by atoms with Gasteiger partial charge < -0.3 is 23.7 Å². The third-order valence-corrected chi connectivity index (χ3v) is 5.01. The zero-order valence-corrected chi connectivity index (χ0v) is 17.2. The highest BCUT2D eigenvalue weighted by atomic mass is 16.8. The van der Waals surface area contributed by atoms with Gasteiger partial charge in [0.1, 0.15) is 5.75 Å². The van der Waals surface area contributed by atoms with Gasteiger partial charge in [-0.05, 0) is 45.4 Å². The van der Waals surface area contributed by atoms with Crippen molar-refractivity contribution in [2.75, 3.05) is 33.5 Å². The Morgan fingerprint density at radius 3 is 1.64 bits per heavy atom. The minimum Gasteiger partial charge on any atom is -0.497 e. The van der Waals surface area contributed by atoms with Gasteiger partial charge >= 0.3 is 0 Å². The first kappa shape index (κ1) is 22.1. The van der Waals surface area contributed by atoms with Gasteiger partial charge in [-0.1, -0.05) is 12.1 Å². The van der Waals surface area contributed by atoms with Crippen molar-refractivity contribution in [3.63, 3.8) is 0 Å². The Labute approximate surface area is 166 Å². The summed E-state index contributed by atoms with van der Waals surface area (Å²) < 4.78 is 29.4. The number of hydrogen-bond acceptors (Lipinski definition) is 7. The van der Waals surface area contributed by atoms with E-state index in [0.717, 1.165) is 0 Å². The standard InChI is InChI=1S/C21H28N2O5/c1-6-25-20(26-7-2)18(16-10-12-17(24-5)13-11-16)19(14-22,15-23)21(20,27-8-3)28-9-4/h10-13,18H,6-9H2,1-5H3. The summed E-state index contributed by atoms with van der Waals surface area (Å²) in [6.07, 6.45) is 0. The van der Waals surface area contributed by atoms with Crippen molar-refractivity contribution in [3.8, 4) is 17.9 Å². The highest BCUT2D eigenvalue weighted by Crippen LogP contribution is 2.69. The zero-order chi connectivity index (χ0) is 20.8. The molecule has 1 saturated carbocycles. The summed E-state index contributed by atoms with van der Waals surface area (Å²) in [6, 6.07) is 11.5. The molecule has 0 aliphatic heterocycles. The lowest BCUT2D eigenvalue weighted by atomic mass is 9.49. The lowest BCUT2D eigenvalue weighted by Gasteiger charge is -2.66. The van der Waals surface area contributed by atoms with Crippen molar-refractivity contribution in [2.45, 2.75) is 45.2 Å². The average Bonchev–Trinajstić information content (AvgIpc) is 2.71. The SMILES string of the molecule is CCOC1(OCC)C(c2ccc(OC)cc2)C(C#N)(C#N)C1(OCC)OCC. The average molecular weight is 388 g/mol. The van der Waals surface area contributed by atoms with Crippen LogP contribution in [0.15, 0.2) is 24.3 Å². The number of benzene rings is 1. The number of hydrogen-bond donors (Lipinski definition) is 0. The smallest absolute Gasteiger partial charge is 0.258 e. The summed E-state index contributed by atoms with van der Waals surface area (Å²) in [4.78, 5) is 0. The second-order valence-electron chi connectivity index (χ2n) is 6.25. The van der Waals surface area contributed by atoms with E-state index in [1.165, 1.54) is 0 Å². The largest absolute Gasteiger partial charge is 0.497 e. The molecule has 0 amide bonds. The van der Waals surface area contributed by atoms with Gasteiger partial charge in [-0.3, -0.25) is 0 Å². The van der Waals surface area contributed by atoms with Gasteiger partial charge in [-0.2, -0.15) is 10.5 Å². The molecule has 0 spiro atoms. The van der Waals surface area contributed by atoms with E-state index in [2.05, 4.69) is 12.1 Å². The van der Waals surface area contributed by atoms with Crippen LogP contribution in [-0.4, -0.2) is 45.1 Å². The van der Waals surface area contributed by atoms with Crippen LogP contribution in [0.2, 0.25) is 0 Å². The number of rotatable bonds is 10. The van der Waals surface area contributed by atoms with Crippen LogP contribution in [0, 0.1) is 28.1 Å². The van der Waals surface area contributed by atoms with E-state index < -0.39 is 22.9 Å². The van der Waals surface area contributed by atoms with Crippen LogP contribution >= 0.6 is 0 Å². The van der Waals surface area contributed by atoms with Crippen molar-refractivity contribution in [1.82, 2.24) is 0 Å². The Morgan fingerprint density at radius 1 is 0.821 bits per heavy atom. The third-order valence-electron chi connectivity index (χ3n) is 5.01. The van der Waals surface area contributed by atoms with E-state index in [1.807, 2.05) is 26.0 Å². The molecule has 1 unspecified atom stereocenters. The maximum Gasteiger partial charge on any atom is 0.258 e. The monoisotopic (exact) mass is 388 g/mol. The van der Waals surface area contributed by atoms with Crippen molar-refractivity contribution in [1.29, 1.82) is 10.5 Å². The van der Waals surface area contributed by atoms with Crippen LogP contribution < -0.4 is 4.74 Å². The number of ether oxygens (including phenoxy) is 5. The predicted molar refractivity (Wildman–Crippen MR) is 101 cm³/mol. The predicted octanol–water partition coefficient (Wildman–Crippen LogP) is 3.36. The van der Waals surface area contributed by atoms with Gasteiger partial charge in [0.25, 0.3) is 5.79 Å². The Bertz CT molecular complexity index is 709. The van der Waals surface area contributed by atoms with Gasteiger partial charge in [-0.15, -0.1) is 0 Å². The van der Waals surface area contributed by atoms with Crippen LogP contribution in [0.1, 0.15) is 39.2 Å². The van der Waals surface area contributed by atoms with E-state index in [0.29, 0.717) is 24.5 Å². The summed E-state index contributed by atoms with van der Waals surface area (Å²) in [5.74, 6) is -3.19. The van der Waals surface area contributed by atoms with Crippen molar-refractivity contribution in [3.05, 3.63) is 29.8 Å². The Morgan fingerprint density at radius 2 is 1.29 bits per heavy atom. The fourth-order valence-electron chi connectivity index (χ4n) is 4.13. The van der Waals surface area contributed by atoms with E-state index in [1.54, 1.807) is 33.1 Å². The maximum absolute atomic E-state index is 10.2. The molecule has 1 aromatic rings. The van der Waals surface area contributed by atoms with Crippen molar-refractivity contribution >= 4 is 0 Å². The highest BCUT2D eigenvalue weighted by molar-refractivity contribution is 5.48. The van der Waals surface area contributed by atoms with Crippen LogP contribution in [0.4, 0.5) is 0 Å². The van der Waals surface area contributed by atoms with Crippen LogP contribution in [0.25, 0.3) is 0 Å². The number of methoxy groups -OCH3 is 1. The molecule has 0 saturated heterocycles. The van der Waals surface area contributed by atoms with Gasteiger partial charge in [0.15, 0.2) is 0 Å². The van der Waals surface area contributed by atoms with E-state index in [-0.39, 0.29) is 13.2 Å². The molecule has 1 aromatic carbocycles. The minimum absolute atomic E-state index is 0.225. The molecule has 0 heterocycles. The fraction of sp³-hybridized carbons (Fsp3) is 0.619. The molecule has 0 N–H and O–H groups in total. The maximum atomic E-state index is 10.2. The summed E-state index contributed by atoms with van der Waals surface area (Å²) in [5.41, 5.74) is -0.946. The summed E-state index contributed by atoms with van der Waals surface area (Å²) >= 11 is 0. The van der Waals surface area contributed by atoms with Gasteiger partial charge in [0.05, 0.1) is 25.2 Å². The quantitative estimate of drug-likeness (QED) is 0.567. The molecule has 0 aromatic heterocycles. The highest BCUT2D eigenvalue weighted by Gasteiger charge is 2.87. The Kier molecular flexibility index (Phi) is 7.03.